The molecule has 8 saturated heterocycles. The van der Waals surface area contributed by atoms with E-state index in [1.54, 1.807) is 0 Å². The first-order valence-corrected chi connectivity index (χ1v) is 16.7. The SMILES string of the molecule is C=C1C(OC/C=C/COC2O[C@@H]3OC4(C)CC[C@H]5[C@H](C)CC[C@@H](C2=C)[C@@]35OO4)O[C@@H]2OC3(C)CC[C@H]4[C@H](C)CC[C@@H]1[C@@]24OO3. The molecule has 4 unspecified atom stereocenters. The first-order chi connectivity index (χ1) is 21.1. The molecule has 244 valence electrons. The van der Waals surface area contributed by atoms with E-state index in [4.69, 9.17) is 48.0 Å². The van der Waals surface area contributed by atoms with Crippen molar-refractivity contribution in [1.29, 1.82) is 0 Å². The Kier molecular flexibility index (Phi) is 7.32. The average molecular weight is 617 g/mol. The van der Waals surface area contributed by atoms with Crippen molar-refractivity contribution < 1.29 is 48.0 Å². The van der Waals surface area contributed by atoms with Gasteiger partial charge in [-0.3, -0.25) is 0 Å². The number of hydrogen-bond donors (Lipinski definition) is 0. The fourth-order valence-electron chi connectivity index (χ4n) is 9.83. The molecule has 0 radical (unpaired) electrons. The normalized spacial score (nSPS) is 54.5. The molecule has 2 saturated carbocycles. The Balaban J connectivity index is 0.892. The quantitative estimate of drug-likeness (QED) is 0.268. The van der Waals surface area contributed by atoms with Gasteiger partial charge in [0.05, 0.1) is 13.2 Å². The Hall–Kier alpha value is -1.18. The zero-order valence-electron chi connectivity index (χ0n) is 26.5. The van der Waals surface area contributed by atoms with Crippen molar-refractivity contribution in [2.24, 2.45) is 35.5 Å². The van der Waals surface area contributed by atoms with Crippen LogP contribution in [-0.4, -0.2) is 61.2 Å². The molecular formula is C34H48O10. The van der Waals surface area contributed by atoms with Gasteiger partial charge in [0.25, 0.3) is 0 Å². The van der Waals surface area contributed by atoms with Crippen LogP contribution in [0.1, 0.15) is 79.1 Å². The average Bonchev–Trinajstić information content (AvgIpc) is 3.37. The highest BCUT2D eigenvalue weighted by atomic mass is 17.3. The van der Waals surface area contributed by atoms with E-state index < -0.39 is 47.9 Å². The molecule has 10 nitrogen and oxygen atoms in total. The van der Waals surface area contributed by atoms with Gasteiger partial charge in [0.15, 0.2) is 36.4 Å². The third-order valence-electron chi connectivity index (χ3n) is 12.3. The first-order valence-electron chi connectivity index (χ1n) is 16.7. The van der Waals surface area contributed by atoms with Crippen LogP contribution in [0.5, 0.6) is 0 Å². The molecular weight excluding hydrogens is 568 g/mol. The molecule has 44 heavy (non-hydrogen) atoms. The van der Waals surface area contributed by atoms with Crippen LogP contribution in [0.2, 0.25) is 0 Å². The smallest absolute Gasteiger partial charge is 0.201 e. The number of hydrogen-bond acceptors (Lipinski definition) is 10. The summed E-state index contributed by atoms with van der Waals surface area (Å²) < 4.78 is 38.1. The topological polar surface area (TPSA) is 92.3 Å². The van der Waals surface area contributed by atoms with Gasteiger partial charge in [-0.2, -0.15) is 0 Å². The van der Waals surface area contributed by atoms with E-state index in [1.165, 1.54) is 0 Å². The molecule has 10 heteroatoms. The molecule has 10 fully saturated rings. The Morgan fingerprint density at radius 1 is 0.659 bits per heavy atom. The lowest BCUT2D eigenvalue weighted by atomic mass is 9.59. The molecule has 8 aliphatic heterocycles. The van der Waals surface area contributed by atoms with Gasteiger partial charge in [0.1, 0.15) is 0 Å². The summed E-state index contributed by atoms with van der Waals surface area (Å²) in [6.07, 6.45) is 9.12. The van der Waals surface area contributed by atoms with Gasteiger partial charge in [-0.05, 0) is 87.2 Å². The molecule has 0 amide bonds. The fraction of sp³-hybridized carbons (Fsp3) is 0.824. The first kappa shape index (κ1) is 30.2. The molecule has 10 aliphatic rings. The summed E-state index contributed by atoms with van der Waals surface area (Å²) in [5, 5.41) is 0. The Bertz CT molecular complexity index is 1120. The molecule has 10 rings (SSSR count). The van der Waals surface area contributed by atoms with Crippen LogP contribution in [-0.2, 0) is 48.0 Å². The van der Waals surface area contributed by atoms with Crippen molar-refractivity contribution >= 4 is 0 Å². The van der Waals surface area contributed by atoms with Gasteiger partial charge >= 0.3 is 0 Å². The maximum atomic E-state index is 6.43. The van der Waals surface area contributed by atoms with E-state index in [2.05, 4.69) is 27.0 Å². The van der Waals surface area contributed by atoms with Crippen LogP contribution >= 0.6 is 0 Å². The van der Waals surface area contributed by atoms with Crippen molar-refractivity contribution in [3.8, 4) is 0 Å². The lowest BCUT2D eigenvalue weighted by molar-refractivity contribution is -0.567. The summed E-state index contributed by atoms with van der Waals surface area (Å²) in [6.45, 7) is 17.9. The van der Waals surface area contributed by atoms with Gasteiger partial charge in [-0.15, -0.1) is 0 Å². The van der Waals surface area contributed by atoms with Crippen molar-refractivity contribution in [1.82, 2.24) is 0 Å². The molecule has 8 heterocycles. The van der Waals surface area contributed by atoms with Crippen LogP contribution in [0.4, 0.5) is 0 Å². The third-order valence-corrected chi connectivity index (χ3v) is 12.3. The molecule has 2 aliphatic carbocycles. The van der Waals surface area contributed by atoms with E-state index in [1.807, 2.05) is 26.0 Å². The van der Waals surface area contributed by atoms with Gasteiger partial charge in [-0.1, -0.05) is 39.2 Å². The van der Waals surface area contributed by atoms with Crippen LogP contribution in [0.25, 0.3) is 0 Å². The van der Waals surface area contributed by atoms with Crippen molar-refractivity contribution in [3.05, 3.63) is 36.5 Å². The Morgan fingerprint density at radius 2 is 1.09 bits per heavy atom. The summed E-state index contributed by atoms with van der Waals surface area (Å²) in [6, 6.07) is 0. The third kappa shape index (κ3) is 4.36. The lowest BCUT2D eigenvalue weighted by Crippen LogP contribution is -2.69. The predicted octanol–water partition coefficient (Wildman–Crippen LogP) is 5.83. The van der Waals surface area contributed by atoms with Gasteiger partial charge in [0, 0.05) is 24.7 Å². The standard InChI is InChI=1S/C34H48O10/c1-19-9-11-25-21(3)27(37-29-33(25)23(19)13-15-31(5,39-29)41-43-33)35-17-7-8-18-36-28-22(4)26-12-10-20(2)24-14-16-32(6)40-30(38-28)34(24,26)44-42-32/h7-8,19-20,23-30H,3-4,9-18H2,1-2,5-6H3/b8-7+/t19-,20-,23+,24+,25+,26+,27?,28?,29-,30-,31?,32?,33-,34-/m1/s1. The zero-order valence-corrected chi connectivity index (χ0v) is 26.5. The van der Waals surface area contributed by atoms with Gasteiger partial charge in [0.2, 0.25) is 11.6 Å². The van der Waals surface area contributed by atoms with Crippen molar-refractivity contribution in [2.75, 3.05) is 13.2 Å². The maximum Gasteiger partial charge on any atom is 0.201 e. The molecule has 4 bridgehead atoms. The Morgan fingerprint density at radius 3 is 1.52 bits per heavy atom. The highest BCUT2D eigenvalue weighted by Gasteiger charge is 2.70. The van der Waals surface area contributed by atoms with E-state index in [-0.39, 0.29) is 23.7 Å². The highest BCUT2D eigenvalue weighted by Crippen LogP contribution is 2.62. The molecule has 0 aromatic rings. The number of ether oxygens (including phenoxy) is 6. The van der Waals surface area contributed by atoms with Crippen LogP contribution in [0, 0.1) is 35.5 Å². The molecule has 0 N–H and O–H groups in total. The molecule has 0 aromatic carbocycles. The van der Waals surface area contributed by atoms with Crippen LogP contribution in [0.3, 0.4) is 0 Å². The monoisotopic (exact) mass is 616 g/mol. The molecule has 0 aromatic heterocycles. The fourth-order valence-corrected chi connectivity index (χ4v) is 9.83. The van der Waals surface area contributed by atoms with Crippen molar-refractivity contribution in [2.45, 2.75) is 127 Å². The summed E-state index contributed by atoms with van der Waals surface area (Å²) in [5.41, 5.74) is 0.416. The number of fused-ring (bicyclic) bond motifs is 4. The van der Waals surface area contributed by atoms with Gasteiger partial charge < -0.3 is 28.4 Å². The van der Waals surface area contributed by atoms with Crippen LogP contribution < -0.4 is 0 Å². The maximum absolute atomic E-state index is 6.43. The van der Waals surface area contributed by atoms with E-state index in [9.17, 15) is 0 Å². The minimum absolute atomic E-state index is 0.0423. The second-order valence-corrected chi connectivity index (χ2v) is 14.9. The Labute approximate surface area is 260 Å². The van der Waals surface area contributed by atoms with Crippen molar-refractivity contribution in [3.63, 3.8) is 0 Å². The summed E-state index contributed by atoms with van der Waals surface area (Å²) in [7, 11) is 0. The summed E-state index contributed by atoms with van der Waals surface area (Å²) in [5.74, 6) is -0.0223. The van der Waals surface area contributed by atoms with Gasteiger partial charge in [-0.25, -0.2) is 19.6 Å². The lowest BCUT2D eigenvalue weighted by Gasteiger charge is -2.58. The van der Waals surface area contributed by atoms with E-state index in [0.717, 1.165) is 62.5 Å². The predicted molar refractivity (Wildman–Crippen MR) is 155 cm³/mol. The highest BCUT2D eigenvalue weighted by molar-refractivity contribution is 5.23. The largest absolute Gasteiger partial charge is 0.344 e. The molecule has 2 spiro atoms. The van der Waals surface area contributed by atoms with E-state index in [0.29, 0.717) is 25.0 Å². The number of rotatable bonds is 6. The minimum Gasteiger partial charge on any atom is -0.344 e. The second-order valence-electron chi connectivity index (χ2n) is 14.9. The summed E-state index contributed by atoms with van der Waals surface area (Å²) in [4.78, 5) is 24.1. The molecule has 14 atom stereocenters. The second kappa shape index (κ2) is 10.7. The minimum atomic E-state index is -0.822. The zero-order chi connectivity index (χ0) is 30.5. The van der Waals surface area contributed by atoms with E-state index >= 15 is 0 Å². The van der Waals surface area contributed by atoms with Crippen LogP contribution in [0.15, 0.2) is 36.5 Å². The summed E-state index contributed by atoms with van der Waals surface area (Å²) >= 11 is 0.